The van der Waals surface area contributed by atoms with Crippen LogP contribution in [0.2, 0.25) is 0 Å². The van der Waals surface area contributed by atoms with Crippen LogP contribution in [-0.2, 0) is 9.59 Å². The second kappa shape index (κ2) is 7.45. The maximum Gasteiger partial charge on any atom is 0.260 e. The minimum absolute atomic E-state index is 0.0615. The number of halogens is 1. The zero-order chi connectivity index (χ0) is 16.2. The normalized spacial score (nSPS) is 17.3. The number of nitrogens with zero attached hydrogens (tertiary/aromatic N) is 1. The monoisotopic (exact) mass is 345 g/mol. The van der Waals surface area contributed by atoms with E-state index in [0.29, 0.717) is 0 Å². The minimum atomic E-state index is -1.12. The fraction of sp³-hybridized carbons (Fsp3) is 0.429. The molecule has 0 aliphatic carbocycles. The van der Waals surface area contributed by atoms with E-state index in [2.05, 4.69) is 0 Å². The summed E-state index contributed by atoms with van der Waals surface area (Å²) in [6.45, 7) is -0.263. The minimum Gasteiger partial charge on any atom is -0.396 e. The molecule has 1 aliphatic rings. The van der Waals surface area contributed by atoms with Crippen molar-refractivity contribution >= 4 is 41.0 Å². The molecule has 0 saturated carbocycles. The summed E-state index contributed by atoms with van der Waals surface area (Å²) in [6, 6.07) is 5.62. The molecule has 0 aromatic heterocycles. The SMILES string of the molecule is O=C1CC(SCCO)(SCCO)C(=O)N1c1ccccc1F. The van der Waals surface area contributed by atoms with E-state index in [9.17, 15) is 14.0 Å². The van der Waals surface area contributed by atoms with Gasteiger partial charge in [-0.2, -0.15) is 0 Å². The maximum atomic E-state index is 13.9. The van der Waals surface area contributed by atoms with Crippen molar-refractivity contribution in [2.24, 2.45) is 0 Å². The number of carbonyl (C=O) groups is 2. The summed E-state index contributed by atoms with van der Waals surface area (Å²) in [5.41, 5.74) is -0.0615. The van der Waals surface area contributed by atoms with Gasteiger partial charge in [0.1, 0.15) is 9.90 Å². The molecule has 22 heavy (non-hydrogen) atoms. The van der Waals surface area contributed by atoms with Crippen molar-refractivity contribution in [1.29, 1.82) is 0 Å². The van der Waals surface area contributed by atoms with E-state index >= 15 is 0 Å². The average Bonchev–Trinajstić information content (AvgIpc) is 2.75. The van der Waals surface area contributed by atoms with E-state index in [1.54, 1.807) is 6.07 Å². The van der Waals surface area contributed by atoms with Crippen LogP contribution >= 0.6 is 23.5 Å². The van der Waals surface area contributed by atoms with Crippen LogP contribution in [0.3, 0.4) is 0 Å². The average molecular weight is 345 g/mol. The van der Waals surface area contributed by atoms with Crippen molar-refractivity contribution in [2.75, 3.05) is 29.6 Å². The van der Waals surface area contributed by atoms with Crippen molar-refractivity contribution < 1.29 is 24.2 Å². The van der Waals surface area contributed by atoms with Crippen LogP contribution in [0.15, 0.2) is 24.3 Å². The van der Waals surface area contributed by atoms with Crippen molar-refractivity contribution in [2.45, 2.75) is 10.5 Å². The molecular formula is C14H16FNO4S2. The maximum absolute atomic E-state index is 13.9. The highest BCUT2D eigenvalue weighted by Gasteiger charge is 2.53. The lowest BCUT2D eigenvalue weighted by Crippen LogP contribution is -2.37. The number of hydrogen-bond donors (Lipinski definition) is 2. The zero-order valence-corrected chi connectivity index (χ0v) is 13.3. The van der Waals surface area contributed by atoms with Crippen LogP contribution in [0.4, 0.5) is 10.1 Å². The Bertz CT molecular complexity index is 562. The molecule has 1 aromatic carbocycles. The second-order valence-corrected chi connectivity index (χ2v) is 7.61. The van der Waals surface area contributed by atoms with Crippen molar-refractivity contribution in [3.8, 4) is 0 Å². The molecule has 5 nitrogen and oxygen atoms in total. The van der Waals surface area contributed by atoms with Gasteiger partial charge in [0.15, 0.2) is 0 Å². The molecule has 0 bridgehead atoms. The van der Waals surface area contributed by atoms with E-state index < -0.39 is 21.7 Å². The van der Waals surface area contributed by atoms with Gasteiger partial charge in [-0.15, -0.1) is 23.5 Å². The highest BCUT2D eigenvalue weighted by Crippen LogP contribution is 2.47. The molecule has 0 atom stereocenters. The van der Waals surface area contributed by atoms with Gasteiger partial charge < -0.3 is 10.2 Å². The topological polar surface area (TPSA) is 77.8 Å². The molecule has 1 saturated heterocycles. The molecule has 120 valence electrons. The van der Waals surface area contributed by atoms with Gasteiger partial charge in [0.25, 0.3) is 5.91 Å². The molecule has 1 aliphatic heterocycles. The Morgan fingerprint density at radius 3 is 2.27 bits per heavy atom. The van der Waals surface area contributed by atoms with Gasteiger partial charge in [0.05, 0.1) is 25.3 Å². The Labute approximate surface area is 135 Å². The molecule has 0 unspecified atom stereocenters. The molecule has 2 amide bonds. The number of thioether (sulfide) groups is 2. The molecule has 8 heteroatoms. The predicted molar refractivity (Wildman–Crippen MR) is 85.3 cm³/mol. The summed E-state index contributed by atoms with van der Waals surface area (Å²) in [5.74, 6) is -1.07. The van der Waals surface area contributed by atoms with E-state index in [0.717, 1.165) is 28.4 Å². The fourth-order valence-corrected chi connectivity index (χ4v) is 4.76. The number of anilines is 1. The van der Waals surface area contributed by atoms with Crippen molar-refractivity contribution in [1.82, 2.24) is 0 Å². The van der Waals surface area contributed by atoms with Gasteiger partial charge in [0, 0.05) is 11.5 Å². The Hall–Kier alpha value is -1.09. The predicted octanol–water partition coefficient (Wildman–Crippen LogP) is 1.24. The quantitative estimate of drug-likeness (QED) is 0.572. The van der Waals surface area contributed by atoms with Crippen molar-refractivity contribution in [3.05, 3.63) is 30.1 Å². The first-order valence-electron chi connectivity index (χ1n) is 6.67. The van der Waals surface area contributed by atoms with Gasteiger partial charge in [0.2, 0.25) is 5.91 Å². The lowest BCUT2D eigenvalue weighted by Gasteiger charge is -2.25. The molecule has 1 heterocycles. The van der Waals surface area contributed by atoms with Crippen LogP contribution in [0, 0.1) is 5.82 Å². The summed E-state index contributed by atoms with van der Waals surface area (Å²) >= 11 is 2.31. The number of rotatable bonds is 7. The molecule has 0 radical (unpaired) electrons. The van der Waals surface area contributed by atoms with Gasteiger partial charge in [-0.05, 0) is 12.1 Å². The van der Waals surface area contributed by atoms with Crippen LogP contribution in [-0.4, -0.2) is 50.8 Å². The van der Waals surface area contributed by atoms with E-state index in [4.69, 9.17) is 10.2 Å². The first kappa shape index (κ1) is 17.3. The van der Waals surface area contributed by atoms with Crippen LogP contribution in [0.5, 0.6) is 0 Å². The molecule has 2 N–H and O–H groups in total. The number of aliphatic hydroxyl groups excluding tert-OH is 2. The Kier molecular flexibility index (Phi) is 5.85. The number of amides is 2. The smallest absolute Gasteiger partial charge is 0.260 e. The number of hydrogen-bond acceptors (Lipinski definition) is 6. The standard InChI is InChI=1S/C14H16FNO4S2/c15-10-3-1-2-4-11(10)16-12(19)9-14(13(16)20,21-7-5-17)22-8-6-18/h1-4,17-18H,5-9H2. The number of imide groups is 1. The summed E-state index contributed by atoms with van der Waals surface area (Å²) in [5, 5.41) is 18.0. The zero-order valence-electron chi connectivity index (χ0n) is 11.7. The van der Waals surface area contributed by atoms with E-state index in [1.165, 1.54) is 18.2 Å². The Morgan fingerprint density at radius 1 is 1.14 bits per heavy atom. The third-order valence-corrected chi connectivity index (χ3v) is 6.16. The fourth-order valence-electron chi connectivity index (χ4n) is 2.20. The van der Waals surface area contributed by atoms with Crippen molar-refractivity contribution in [3.63, 3.8) is 0 Å². The third kappa shape index (κ3) is 3.29. The summed E-state index contributed by atoms with van der Waals surface area (Å²) in [4.78, 5) is 25.9. The van der Waals surface area contributed by atoms with Gasteiger partial charge in [-0.1, -0.05) is 12.1 Å². The largest absolute Gasteiger partial charge is 0.396 e. The van der Waals surface area contributed by atoms with Gasteiger partial charge in [-0.3, -0.25) is 9.59 Å². The number of aliphatic hydroxyl groups is 2. The van der Waals surface area contributed by atoms with Gasteiger partial charge in [-0.25, -0.2) is 9.29 Å². The first-order valence-corrected chi connectivity index (χ1v) is 8.64. The van der Waals surface area contributed by atoms with Crippen LogP contribution in [0.1, 0.15) is 6.42 Å². The molecular weight excluding hydrogens is 329 g/mol. The highest BCUT2D eigenvalue weighted by molar-refractivity contribution is 8.19. The Morgan fingerprint density at radius 2 is 1.73 bits per heavy atom. The highest BCUT2D eigenvalue weighted by atomic mass is 32.2. The van der Waals surface area contributed by atoms with Crippen LogP contribution in [0.25, 0.3) is 0 Å². The van der Waals surface area contributed by atoms with Gasteiger partial charge >= 0.3 is 0 Å². The van der Waals surface area contributed by atoms with E-state index in [-0.39, 0.29) is 36.8 Å². The lowest BCUT2D eigenvalue weighted by molar-refractivity contribution is -0.121. The molecule has 0 spiro atoms. The molecule has 1 aromatic rings. The summed E-state index contributed by atoms with van der Waals surface area (Å²) in [6.07, 6.45) is -0.0878. The molecule has 1 fully saturated rings. The third-order valence-electron chi connectivity index (χ3n) is 3.11. The lowest BCUT2D eigenvalue weighted by atomic mass is 10.3. The van der Waals surface area contributed by atoms with E-state index in [1.807, 2.05) is 0 Å². The second-order valence-electron chi connectivity index (χ2n) is 4.56. The number of para-hydroxylation sites is 1. The van der Waals surface area contributed by atoms with Crippen LogP contribution < -0.4 is 4.90 Å². The summed E-state index contributed by atoms with van der Waals surface area (Å²) < 4.78 is 12.8. The molecule has 2 rings (SSSR count). The number of carbonyl (C=O) groups excluding carboxylic acids is 2. The Balaban J connectivity index is 2.33. The summed E-state index contributed by atoms with van der Waals surface area (Å²) in [7, 11) is 0. The number of benzene rings is 1. The first-order chi connectivity index (χ1) is 10.6.